The molecule has 1 aromatic heterocycles. The minimum Gasteiger partial charge on any atom is -0.355 e. The van der Waals surface area contributed by atoms with Crippen molar-refractivity contribution in [1.82, 2.24) is 25.7 Å². The number of halogens is 1. The molecule has 2 heterocycles. The third kappa shape index (κ3) is 5.68. The highest BCUT2D eigenvalue weighted by Gasteiger charge is 2.28. The number of carbonyl (C=O) groups is 3. The van der Waals surface area contributed by atoms with Crippen molar-refractivity contribution < 1.29 is 14.4 Å². The predicted octanol–water partition coefficient (Wildman–Crippen LogP) is 0.418. The van der Waals surface area contributed by atoms with Crippen LogP contribution in [0.5, 0.6) is 0 Å². The fourth-order valence-electron chi connectivity index (χ4n) is 3.42. The summed E-state index contributed by atoms with van der Waals surface area (Å²) in [6.07, 6.45) is 1.74. The number of nitrogens with zero attached hydrogens (tertiary/aromatic N) is 2. The van der Waals surface area contributed by atoms with Gasteiger partial charge in [0.05, 0.1) is 11.4 Å². The molecule has 5 N–H and O–H groups in total. The van der Waals surface area contributed by atoms with Crippen LogP contribution in [0.15, 0.2) is 24.3 Å². The summed E-state index contributed by atoms with van der Waals surface area (Å²) in [5.74, 6) is -0.637. The summed E-state index contributed by atoms with van der Waals surface area (Å²) in [7, 11) is 0. The van der Waals surface area contributed by atoms with Crippen molar-refractivity contribution in [2.75, 3.05) is 32.7 Å². The van der Waals surface area contributed by atoms with Crippen molar-refractivity contribution >= 4 is 41.0 Å². The zero-order chi connectivity index (χ0) is 19.9. The quantitative estimate of drug-likeness (QED) is 0.513. The Morgan fingerprint density at radius 2 is 2.00 bits per heavy atom. The van der Waals surface area contributed by atoms with Crippen molar-refractivity contribution in [2.24, 2.45) is 11.7 Å². The van der Waals surface area contributed by atoms with Gasteiger partial charge in [0.1, 0.15) is 0 Å². The summed E-state index contributed by atoms with van der Waals surface area (Å²) >= 11 is 0. The number of nitrogens with two attached hydrogens (primary N) is 1. The molecule has 1 atom stereocenters. The number of para-hydroxylation sites is 1. The zero-order valence-electron chi connectivity index (χ0n) is 16.1. The molecule has 2 aromatic rings. The number of hydrogen-bond acceptors (Lipinski definition) is 5. The minimum atomic E-state index is -0.317. The van der Waals surface area contributed by atoms with Gasteiger partial charge in [0.15, 0.2) is 5.69 Å². The molecule has 0 radical (unpaired) electrons. The largest absolute Gasteiger partial charge is 0.355 e. The molecule has 0 spiro atoms. The molecule has 158 valence electrons. The van der Waals surface area contributed by atoms with E-state index in [4.69, 9.17) is 5.73 Å². The summed E-state index contributed by atoms with van der Waals surface area (Å²) in [6, 6.07) is 7.37. The Bertz CT molecular complexity index is 855. The monoisotopic (exact) mass is 422 g/mol. The summed E-state index contributed by atoms with van der Waals surface area (Å²) in [4.78, 5) is 38.6. The van der Waals surface area contributed by atoms with E-state index in [0.717, 1.165) is 23.7 Å². The Hall–Kier alpha value is -2.65. The van der Waals surface area contributed by atoms with E-state index in [1.165, 1.54) is 0 Å². The highest BCUT2D eigenvalue weighted by Crippen LogP contribution is 2.17. The van der Waals surface area contributed by atoms with Gasteiger partial charge in [0.25, 0.3) is 5.91 Å². The van der Waals surface area contributed by atoms with Gasteiger partial charge in [-0.1, -0.05) is 18.2 Å². The molecule has 1 aromatic carbocycles. The Morgan fingerprint density at radius 3 is 2.79 bits per heavy atom. The maximum absolute atomic E-state index is 12.5. The van der Waals surface area contributed by atoms with Gasteiger partial charge in [0, 0.05) is 44.5 Å². The van der Waals surface area contributed by atoms with E-state index in [2.05, 4.69) is 20.8 Å². The molecule has 0 saturated carbocycles. The molecule has 1 aliphatic heterocycles. The maximum atomic E-state index is 12.5. The van der Waals surface area contributed by atoms with Gasteiger partial charge >= 0.3 is 0 Å². The van der Waals surface area contributed by atoms with Gasteiger partial charge in [-0.2, -0.15) is 5.10 Å². The molecular formula is C19H27ClN6O3. The fourth-order valence-corrected chi connectivity index (χ4v) is 3.42. The van der Waals surface area contributed by atoms with E-state index >= 15 is 0 Å². The molecule has 10 heteroatoms. The number of benzene rings is 1. The van der Waals surface area contributed by atoms with E-state index in [-0.39, 0.29) is 49.0 Å². The van der Waals surface area contributed by atoms with Crippen LogP contribution in [-0.4, -0.2) is 65.5 Å². The van der Waals surface area contributed by atoms with Crippen molar-refractivity contribution in [3.63, 3.8) is 0 Å². The Labute approximate surface area is 175 Å². The lowest BCUT2D eigenvalue weighted by Gasteiger charge is -2.32. The summed E-state index contributed by atoms with van der Waals surface area (Å²) in [5, 5.41) is 13.1. The topological polar surface area (TPSA) is 133 Å². The summed E-state index contributed by atoms with van der Waals surface area (Å²) in [5.41, 5.74) is 6.51. The first-order chi connectivity index (χ1) is 13.6. The number of fused-ring (bicyclic) bond motifs is 1. The zero-order valence-corrected chi connectivity index (χ0v) is 17.0. The van der Waals surface area contributed by atoms with E-state index in [0.29, 0.717) is 31.9 Å². The first kappa shape index (κ1) is 22.6. The number of nitrogens with one attached hydrogen (secondary N) is 3. The molecule has 29 heavy (non-hydrogen) atoms. The van der Waals surface area contributed by atoms with Gasteiger partial charge < -0.3 is 21.3 Å². The number of rotatable bonds is 7. The third-order valence-corrected chi connectivity index (χ3v) is 4.90. The standard InChI is InChI=1S/C19H26N6O3.ClH/c20-8-10-22-18(27)13-4-3-11-25(12-13)16(26)7-9-21-19(28)17-14-5-1-2-6-15(14)23-24-17;/h1-2,5-6,13H,3-4,7-12,20H2,(H,21,28)(H,22,27)(H,23,24);1H. The number of aromatic nitrogens is 2. The third-order valence-electron chi connectivity index (χ3n) is 4.90. The molecule has 9 nitrogen and oxygen atoms in total. The number of amides is 3. The van der Waals surface area contributed by atoms with Crippen LogP contribution >= 0.6 is 12.4 Å². The lowest BCUT2D eigenvalue weighted by molar-refractivity contribution is -0.135. The highest BCUT2D eigenvalue weighted by molar-refractivity contribution is 6.04. The second-order valence-electron chi connectivity index (χ2n) is 6.88. The smallest absolute Gasteiger partial charge is 0.272 e. The van der Waals surface area contributed by atoms with Crippen molar-refractivity contribution in [3.8, 4) is 0 Å². The highest BCUT2D eigenvalue weighted by atomic mass is 35.5. The average molecular weight is 423 g/mol. The van der Waals surface area contributed by atoms with Crippen LogP contribution in [0, 0.1) is 5.92 Å². The molecular weight excluding hydrogens is 396 g/mol. The number of aromatic amines is 1. The van der Waals surface area contributed by atoms with E-state index in [1.54, 1.807) is 4.90 Å². The Kier molecular flexibility index (Phi) is 8.41. The second kappa shape index (κ2) is 10.8. The summed E-state index contributed by atoms with van der Waals surface area (Å²) in [6.45, 7) is 2.10. The molecule has 3 rings (SSSR count). The van der Waals surface area contributed by atoms with Gasteiger partial charge in [-0.05, 0) is 18.9 Å². The van der Waals surface area contributed by atoms with Crippen LogP contribution in [-0.2, 0) is 9.59 Å². The maximum Gasteiger partial charge on any atom is 0.272 e. The number of likely N-dealkylation sites (tertiary alicyclic amines) is 1. The van der Waals surface area contributed by atoms with Crippen LogP contribution in [0.4, 0.5) is 0 Å². The minimum absolute atomic E-state index is 0. The Morgan fingerprint density at radius 1 is 1.21 bits per heavy atom. The molecule has 1 unspecified atom stereocenters. The van der Waals surface area contributed by atoms with Crippen LogP contribution in [0.1, 0.15) is 29.8 Å². The lowest BCUT2D eigenvalue weighted by Crippen LogP contribution is -2.46. The molecule has 1 aliphatic rings. The molecule has 0 bridgehead atoms. The van der Waals surface area contributed by atoms with Gasteiger partial charge in [-0.3, -0.25) is 19.5 Å². The number of H-pyrrole nitrogens is 1. The van der Waals surface area contributed by atoms with E-state index < -0.39 is 0 Å². The number of piperidine rings is 1. The van der Waals surface area contributed by atoms with E-state index in [1.807, 2.05) is 24.3 Å². The normalized spacial score (nSPS) is 16.2. The molecule has 1 fully saturated rings. The number of carbonyl (C=O) groups excluding carboxylic acids is 3. The first-order valence-corrected chi connectivity index (χ1v) is 9.57. The predicted molar refractivity (Wildman–Crippen MR) is 112 cm³/mol. The lowest BCUT2D eigenvalue weighted by atomic mass is 9.97. The fraction of sp³-hybridized carbons (Fsp3) is 0.474. The van der Waals surface area contributed by atoms with Crippen molar-refractivity contribution in [1.29, 1.82) is 0 Å². The van der Waals surface area contributed by atoms with Crippen LogP contribution in [0.3, 0.4) is 0 Å². The van der Waals surface area contributed by atoms with Gasteiger partial charge in [-0.25, -0.2) is 0 Å². The SMILES string of the molecule is Cl.NCCNC(=O)C1CCCN(C(=O)CCNC(=O)c2n[nH]c3ccccc23)C1. The van der Waals surface area contributed by atoms with Crippen molar-refractivity contribution in [2.45, 2.75) is 19.3 Å². The number of hydrogen-bond donors (Lipinski definition) is 4. The van der Waals surface area contributed by atoms with Crippen LogP contribution < -0.4 is 16.4 Å². The molecule has 3 amide bonds. The molecule has 1 saturated heterocycles. The van der Waals surface area contributed by atoms with Gasteiger partial charge in [0.2, 0.25) is 11.8 Å². The first-order valence-electron chi connectivity index (χ1n) is 9.57. The molecule has 0 aliphatic carbocycles. The van der Waals surface area contributed by atoms with E-state index in [9.17, 15) is 14.4 Å². The van der Waals surface area contributed by atoms with Crippen LogP contribution in [0.25, 0.3) is 10.9 Å². The average Bonchev–Trinajstić information content (AvgIpc) is 3.16. The van der Waals surface area contributed by atoms with Crippen LogP contribution in [0.2, 0.25) is 0 Å². The Balaban J connectivity index is 0.00000300. The second-order valence-corrected chi connectivity index (χ2v) is 6.88. The summed E-state index contributed by atoms with van der Waals surface area (Å²) < 4.78 is 0. The van der Waals surface area contributed by atoms with Crippen molar-refractivity contribution in [3.05, 3.63) is 30.0 Å². The van der Waals surface area contributed by atoms with Gasteiger partial charge in [-0.15, -0.1) is 12.4 Å².